The number of nitrogens with zero attached hydrogens (tertiary/aromatic N) is 1. The summed E-state index contributed by atoms with van der Waals surface area (Å²) in [5, 5.41) is 8.79. The van der Waals surface area contributed by atoms with Crippen LogP contribution in [0.25, 0.3) is 0 Å². The summed E-state index contributed by atoms with van der Waals surface area (Å²) in [6.07, 6.45) is -2.25. The molecule has 3 nitrogen and oxygen atoms in total. The summed E-state index contributed by atoms with van der Waals surface area (Å²) in [4.78, 5) is 1.36. The van der Waals surface area contributed by atoms with Gasteiger partial charge in [0.25, 0.3) is 6.43 Å². The molecule has 0 aliphatic carbocycles. The third-order valence-corrected chi connectivity index (χ3v) is 2.88. The Morgan fingerprint density at radius 3 is 2.20 bits per heavy atom. The molecular formula is C13H18F4N2O. The Labute approximate surface area is 115 Å². The molecule has 0 bridgehead atoms. The minimum atomic E-state index is -2.51. The highest BCUT2D eigenvalue weighted by Gasteiger charge is 2.15. The van der Waals surface area contributed by atoms with Crippen LogP contribution in [0.1, 0.15) is 18.0 Å². The topological polar surface area (TPSA) is 49.5 Å². The first-order chi connectivity index (χ1) is 9.42. The maximum atomic E-state index is 13.0. The molecule has 1 aromatic carbocycles. The fraction of sp³-hybridized carbons (Fsp3) is 0.538. The number of alkyl halides is 2. The maximum absolute atomic E-state index is 13.0. The van der Waals surface area contributed by atoms with Crippen LogP contribution in [0.4, 0.5) is 17.6 Å². The molecule has 7 heteroatoms. The first kappa shape index (κ1) is 16.9. The highest BCUT2D eigenvalue weighted by molar-refractivity contribution is 5.21. The van der Waals surface area contributed by atoms with Crippen LogP contribution >= 0.6 is 0 Å². The van der Waals surface area contributed by atoms with Crippen molar-refractivity contribution in [2.24, 2.45) is 5.73 Å². The van der Waals surface area contributed by atoms with E-state index in [1.54, 1.807) is 0 Å². The largest absolute Gasteiger partial charge is 0.395 e. The third kappa shape index (κ3) is 5.85. The first-order valence-corrected chi connectivity index (χ1v) is 6.25. The summed E-state index contributed by atoms with van der Waals surface area (Å²) < 4.78 is 50.7. The summed E-state index contributed by atoms with van der Waals surface area (Å²) >= 11 is 0. The Morgan fingerprint density at radius 2 is 1.70 bits per heavy atom. The van der Waals surface area contributed by atoms with Gasteiger partial charge in [0.1, 0.15) is 11.6 Å². The molecule has 1 unspecified atom stereocenters. The Morgan fingerprint density at radius 1 is 1.10 bits per heavy atom. The van der Waals surface area contributed by atoms with Crippen molar-refractivity contribution in [3.8, 4) is 0 Å². The highest BCUT2D eigenvalue weighted by atomic mass is 19.3. The molecule has 1 atom stereocenters. The lowest BCUT2D eigenvalue weighted by Crippen LogP contribution is -2.34. The molecule has 0 heterocycles. The lowest BCUT2D eigenvalue weighted by atomic mass is 10.0. The van der Waals surface area contributed by atoms with Crippen LogP contribution in [-0.4, -0.2) is 42.7 Å². The summed E-state index contributed by atoms with van der Waals surface area (Å²) in [5.74, 6) is -1.45. The molecule has 0 amide bonds. The molecule has 0 aliphatic heterocycles. The predicted molar refractivity (Wildman–Crippen MR) is 67.4 cm³/mol. The highest BCUT2D eigenvalue weighted by Crippen LogP contribution is 2.17. The second kappa shape index (κ2) is 8.18. The van der Waals surface area contributed by atoms with E-state index in [0.717, 1.165) is 18.2 Å². The lowest BCUT2D eigenvalue weighted by molar-refractivity contribution is 0.0768. The number of aliphatic hydroxyl groups excluding tert-OH is 1. The second-order valence-corrected chi connectivity index (χ2v) is 4.51. The van der Waals surface area contributed by atoms with Gasteiger partial charge in [-0.3, -0.25) is 4.90 Å². The number of hydrogen-bond donors (Lipinski definition) is 2. The SMILES string of the molecule is NC(CCN(CCO)CC(F)F)c1cc(F)cc(F)c1. The number of halogens is 4. The number of benzene rings is 1. The summed E-state index contributed by atoms with van der Waals surface area (Å²) in [5.41, 5.74) is 6.08. The van der Waals surface area contributed by atoms with E-state index in [-0.39, 0.29) is 31.7 Å². The quantitative estimate of drug-likeness (QED) is 0.720. The van der Waals surface area contributed by atoms with Gasteiger partial charge in [0.2, 0.25) is 0 Å². The van der Waals surface area contributed by atoms with Crippen molar-refractivity contribution in [2.75, 3.05) is 26.2 Å². The van der Waals surface area contributed by atoms with Gasteiger partial charge in [-0.25, -0.2) is 17.6 Å². The Bertz CT molecular complexity index is 397. The molecule has 3 N–H and O–H groups in total. The van der Waals surface area contributed by atoms with Gasteiger partial charge in [0.05, 0.1) is 13.2 Å². The number of rotatable bonds is 8. The van der Waals surface area contributed by atoms with Gasteiger partial charge in [-0.2, -0.15) is 0 Å². The van der Waals surface area contributed by atoms with E-state index < -0.39 is 30.6 Å². The van der Waals surface area contributed by atoms with Crippen molar-refractivity contribution in [2.45, 2.75) is 18.9 Å². The Balaban J connectivity index is 2.57. The number of hydrogen-bond acceptors (Lipinski definition) is 3. The van der Waals surface area contributed by atoms with Crippen LogP contribution in [-0.2, 0) is 0 Å². The van der Waals surface area contributed by atoms with Crippen molar-refractivity contribution >= 4 is 0 Å². The average molecular weight is 294 g/mol. The predicted octanol–water partition coefficient (Wildman–Crippen LogP) is 1.91. The van der Waals surface area contributed by atoms with Crippen LogP contribution in [0.2, 0.25) is 0 Å². The van der Waals surface area contributed by atoms with E-state index in [4.69, 9.17) is 10.8 Å². The van der Waals surface area contributed by atoms with Crippen LogP contribution < -0.4 is 5.73 Å². The van der Waals surface area contributed by atoms with Gasteiger partial charge in [0.15, 0.2) is 0 Å². The zero-order valence-electron chi connectivity index (χ0n) is 10.9. The zero-order chi connectivity index (χ0) is 15.1. The van der Waals surface area contributed by atoms with E-state index in [1.165, 1.54) is 4.90 Å². The summed E-state index contributed by atoms with van der Waals surface area (Å²) in [6.45, 7) is -0.389. The Hall–Kier alpha value is -1.18. The van der Waals surface area contributed by atoms with E-state index in [2.05, 4.69) is 0 Å². The Kier molecular flexibility index (Phi) is 6.90. The van der Waals surface area contributed by atoms with Crippen LogP contribution in [0.5, 0.6) is 0 Å². The van der Waals surface area contributed by atoms with Crippen LogP contribution in [0.3, 0.4) is 0 Å². The summed E-state index contributed by atoms with van der Waals surface area (Å²) in [7, 11) is 0. The summed E-state index contributed by atoms with van der Waals surface area (Å²) in [6, 6.07) is 2.33. The normalized spacial score (nSPS) is 13.2. The molecule has 0 saturated carbocycles. The third-order valence-electron chi connectivity index (χ3n) is 2.88. The molecule has 0 fully saturated rings. The first-order valence-electron chi connectivity index (χ1n) is 6.25. The van der Waals surface area contributed by atoms with E-state index in [9.17, 15) is 17.6 Å². The monoisotopic (exact) mass is 294 g/mol. The fourth-order valence-corrected chi connectivity index (χ4v) is 1.91. The number of nitrogens with two attached hydrogens (primary N) is 1. The van der Waals surface area contributed by atoms with E-state index in [1.807, 2.05) is 0 Å². The minimum absolute atomic E-state index is 0.106. The second-order valence-electron chi connectivity index (χ2n) is 4.51. The molecule has 20 heavy (non-hydrogen) atoms. The molecule has 0 aliphatic rings. The van der Waals surface area contributed by atoms with Crippen molar-refractivity contribution in [3.63, 3.8) is 0 Å². The van der Waals surface area contributed by atoms with Gasteiger partial charge in [-0.05, 0) is 24.1 Å². The average Bonchev–Trinajstić information content (AvgIpc) is 2.34. The van der Waals surface area contributed by atoms with Crippen LogP contribution in [0, 0.1) is 11.6 Å². The van der Waals surface area contributed by atoms with Crippen molar-refractivity contribution in [1.29, 1.82) is 0 Å². The maximum Gasteiger partial charge on any atom is 0.251 e. The smallest absolute Gasteiger partial charge is 0.251 e. The van der Waals surface area contributed by atoms with E-state index >= 15 is 0 Å². The standard InChI is InChI=1S/C13H18F4N2O/c14-10-5-9(6-11(15)7-10)12(18)1-2-19(3-4-20)8-13(16)17/h5-7,12-13,20H,1-4,8,18H2. The van der Waals surface area contributed by atoms with Crippen molar-refractivity contribution in [1.82, 2.24) is 4.90 Å². The van der Waals surface area contributed by atoms with Crippen molar-refractivity contribution < 1.29 is 22.7 Å². The molecule has 0 aromatic heterocycles. The van der Waals surface area contributed by atoms with Crippen LogP contribution in [0.15, 0.2) is 18.2 Å². The molecule has 114 valence electrons. The van der Waals surface area contributed by atoms with Gasteiger partial charge in [0, 0.05) is 25.2 Å². The van der Waals surface area contributed by atoms with Gasteiger partial charge in [-0.1, -0.05) is 0 Å². The molecule has 0 saturated heterocycles. The molecule has 1 rings (SSSR count). The van der Waals surface area contributed by atoms with E-state index in [0.29, 0.717) is 0 Å². The molecule has 1 aromatic rings. The van der Waals surface area contributed by atoms with Gasteiger partial charge in [-0.15, -0.1) is 0 Å². The lowest BCUT2D eigenvalue weighted by Gasteiger charge is -2.22. The van der Waals surface area contributed by atoms with Crippen molar-refractivity contribution in [3.05, 3.63) is 35.4 Å². The molecular weight excluding hydrogens is 276 g/mol. The van der Waals surface area contributed by atoms with Gasteiger partial charge >= 0.3 is 0 Å². The number of aliphatic hydroxyl groups is 1. The molecule has 0 radical (unpaired) electrons. The minimum Gasteiger partial charge on any atom is -0.395 e. The zero-order valence-corrected chi connectivity index (χ0v) is 10.9. The fourth-order valence-electron chi connectivity index (χ4n) is 1.91. The van der Waals surface area contributed by atoms with Gasteiger partial charge < -0.3 is 10.8 Å². The molecule has 0 spiro atoms.